The standard InChI is InChI=1S/C15H19FN4O3S2/c1-4-13-18-19-15(24-13)17-14(21)10-7-8-11(16)12(9-10)25(22,23)20(5-2)6-3/h7-9H,4-6H2,1-3H3,(H,17,19,21). The number of halogens is 1. The summed E-state index contributed by atoms with van der Waals surface area (Å²) in [6.45, 7) is 5.65. The van der Waals surface area contributed by atoms with Crippen LogP contribution in [0.3, 0.4) is 0 Å². The summed E-state index contributed by atoms with van der Waals surface area (Å²) in [6, 6.07) is 3.25. The van der Waals surface area contributed by atoms with E-state index >= 15 is 0 Å². The van der Waals surface area contributed by atoms with E-state index in [-0.39, 0.29) is 18.7 Å². The lowest BCUT2D eigenvalue weighted by Crippen LogP contribution is -2.31. The molecule has 0 saturated heterocycles. The Morgan fingerprint density at radius 2 is 1.92 bits per heavy atom. The first kappa shape index (κ1) is 19.4. The van der Waals surface area contributed by atoms with E-state index < -0.39 is 26.6 Å². The van der Waals surface area contributed by atoms with Crippen molar-refractivity contribution >= 4 is 32.4 Å². The molecule has 0 unspecified atom stereocenters. The molecule has 1 heterocycles. The smallest absolute Gasteiger partial charge is 0.257 e. The number of aryl methyl sites for hydroxylation is 1. The van der Waals surface area contributed by atoms with Crippen molar-refractivity contribution in [2.75, 3.05) is 18.4 Å². The Hall–Kier alpha value is -1.91. The zero-order chi connectivity index (χ0) is 18.6. The molecule has 2 aromatic rings. The Kier molecular flexibility index (Phi) is 6.20. The van der Waals surface area contributed by atoms with Gasteiger partial charge < -0.3 is 0 Å². The van der Waals surface area contributed by atoms with Crippen LogP contribution in [0, 0.1) is 5.82 Å². The van der Waals surface area contributed by atoms with E-state index in [0.717, 1.165) is 21.4 Å². The molecule has 0 radical (unpaired) electrons. The number of sulfonamides is 1. The molecule has 1 aromatic heterocycles. The molecule has 10 heteroatoms. The predicted octanol–water partition coefficient (Wildman–Crippen LogP) is 2.52. The molecule has 0 bridgehead atoms. The van der Waals surface area contributed by atoms with Crippen LogP contribution in [-0.4, -0.2) is 41.9 Å². The first-order valence-corrected chi connectivity index (χ1v) is 10.0. The number of rotatable bonds is 7. The number of nitrogens with zero attached hydrogens (tertiary/aromatic N) is 3. The van der Waals surface area contributed by atoms with E-state index in [0.29, 0.717) is 11.6 Å². The summed E-state index contributed by atoms with van der Waals surface area (Å²) in [6.07, 6.45) is 0.691. The number of carbonyl (C=O) groups excluding carboxylic acids is 1. The summed E-state index contributed by atoms with van der Waals surface area (Å²) in [5.74, 6) is -1.47. The highest BCUT2D eigenvalue weighted by Crippen LogP contribution is 2.22. The van der Waals surface area contributed by atoms with E-state index in [4.69, 9.17) is 0 Å². The summed E-state index contributed by atoms with van der Waals surface area (Å²) in [7, 11) is -4.01. The van der Waals surface area contributed by atoms with Gasteiger partial charge in [-0.05, 0) is 24.6 Å². The largest absolute Gasteiger partial charge is 0.296 e. The summed E-state index contributed by atoms with van der Waals surface area (Å²) >= 11 is 1.23. The molecule has 1 N–H and O–H groups in total. The van der Waals surface area contributed by atoms with Crippen LogP contribution < -0.4 is 5.32 Å². The fourth-order valence-electron chi connectivity index (χ4n) is 2.16. The third-order valence-corrected chi connectivity index (χ3v) is 6.55. The van der Waals surface area contributed by atoms with Crippen molar-refractivity contribution < 1.29 is 17.6 Å². The molecule has 1 amide bonds. The fraction of sp³-hybridized carbons (Fsp3) is 0.400. The Morgan fingerprint density at radius 1 is 1.24 bits per heavy atom. The maximum absolute atomic E-state index is 14.1. The quantitative estimate of drug-likeness (QED) is 0.789. The van der Waals surface area contributed by atoms with Gasteiger partial charge in [-0.2, -0.15) is 4.31 Å². The molecule has 0 saturated carbocycles. The Bertz CT molecular complexity index is 863. The molecule has 25 heavy (non-hydrogen) atoms. The molecule has 0 aliphatic rings. The zero-order valence-corrected chi connectivity index (χ0v) is 15.7. The molecule has 2 rings (SSSR count). The van der Waals surface area contributed by atoms with Gasteiger partial charge in [0.1, 0.15) is 15.7 Å². The molecular weight excluding hydrogens is 367 g/mol. The minimum atomic E-state index is -4.01. The highest BCUT2D eigenvalue weighted by atomic mass is 32.2. The molecule has 7 nitrogen and oxygen atoms in total. The molecule has 0 atom stereocenters. The molecule has 0 fully saturated rings. The summed E-state index contributed by atoms with van der Waals surface area (Å²) in [4.78, 5) is 11.8. The lowest BCUT2D eigenvalue weighted by Gasteiger charge is -2.19. The van der Waals surface area contributed by atoms with E-state index in [1.54, 1.807) is 13.8 Å². The fourth-order valence-corrected chi connectivity index (χ4v) is 4.38. The van der Waals surface area contributed by atoms with Crippen LogP contribution in [0.4, 0.5) is 9.52 Å². The molecule has 136 valence electrons. The van der Waals surface area contributed by atoms with Gasteiger partial charge in [-0.3, -0.25) is 10.1 Å². The lowest BCUT2D eigenvalue weighted by molar-refractivity contribution is 0.102. The highest BCUT2D eigenvalue weighted by molar-refractivity contribution is 7.89. The van der Waals surface area contributed by atoms with Gasteiger partial charge in [0.25, 0.3) is 5.91 Å². The van der Waals surface area contributed by atoms with Crippen molar-refractivity contribution in [1.29, 1.82) is 0 Å². The topological polar surface area (TPSA) is 92.3 Å². The van der Waals surface area contributed by atoms with Gasteiger partial charge in [0.05, 0.1) is 0 Å². The van der Waals surface area contributed by atoms with Gasteiger partial charge in [-0.15, -0.1) is 10.2 Å². The van der Waals surface area contributed by atoms with Crippen LogP contribution in [0.5, 0.6) is 0 Å². The minimum absolute atomic E-state index is 0.0281. The monoisotopic (exact) mass is 386 g/mol. The number of hydrogen-bond acceptors (Lipinski definition) is 6. The van der Waals surface area contributed by atoms with E-state index in [1.807, 2.05) is 6.92 Å². The number of aromatic nitrogens is 2. The first-order valence-electron chi connectivity index (χ1n) is 7.76. The van der Waals surface area contributed by atoms with Crippen molar-refractivity contribution in [3.63, 3.8) is 0 Å². The lowest BCUT2D eigenvalue weighted by atomic mass is 10.2. The maximum atomic E-state index is 14.1. The van der Waals surface area contributed by atoms with Crippen LogP contribution in [0.1, 0.15) is 36.1 Å². The highest BCUT2D eigenvalue weighted by Gasteiger charge is 2.26. The third kappa shape index (κ3) is 4.20. The van der Waals surface area contributed by atoms with Crippen LogP contribution in [0.15, 0.2) is 23.1 Å². The van der Waals surface area contributed by atoms with Gasteiger partial charge in [0.15, 0.2) is 0 Å². The maximum Gasteiger partial charge on any atom is 0.257 e. The van der Waals surface area contributed by atoms with E-state index in [1.165, 1.54) is 17.4 Å². The van der Waals surface area contributed by atoms with E-state index in [2.05, 4.69) is 15.5 Å². The SMILES string of the molecule is CCc1nnc(NC(=O)c2ccc(F)c(S(=O)(=O)N(CC)CC)c2)s1. The van der Waals surface area contributed by atoms with Gasteiger partial charge in [0.2, 0.25) is 15.2 Å². The Balaban J connectivity index is 2.33. The number of anilines is 1. The van der Waals surface area contributed by atoms with Crippen molar-refractivity contribution in [3.05, 3.63) is 34.6 Å². The third-order valence-electron chi connectivity index (χ3n) is 3.51. The normalized spacial score (nSPS) is 11.7. The van der Waals surface area contributed by atoms with E-state index in [9.17, 15) is 17.6 Å². The second kappa shape index (κ2) is 7.98. The summed E-state index contributed by atoms with van der Waals surface area (Å²) < 4.78 is 40.3. The van der Waals surface area contributed by atoms with Gasteiger partial charge in [-0.25, -0.2) is 12.8 Å². The predicted molar refractivity (Wildman–Crippen MR) is 93.7 cm³/mol. The van der Waals surface area contributed by atoms with Gasteiger partial charge >= 0.3 is 0 Å². The molecule has 0 aliphatic carbocycles. The van der Waals surface area contributed by atoms with Crippen molar-refractivity contribution in [3.8, 4) is 0 Å². The van der Waals surface area contributed by atoms with Crippen molar-refractivity contribution in [2.45, 2.75) is 32.1 Å². The first-order chi connectivity index (χ1) is 11.8. The minimum Gasteiger partial charge on any atom is -0.296 e. The van der Waals surface area contributed by atoms with Crippen LogP contribution in [0.2, 0.25) is 0 Å². The van der Waals surface area contributed by atoms with Crippen LogP contribution in [0.25, 0.3) is 0 Å². The Labute approximate surface area is 149 Å². The Morgan fingerprint density at radius 3 is 2.48 bits per heavy atom. The molecule has 1 aromatic carbocycles. The number of benzene rings is 1. The average molecular weight is 386 g/mol. The van der Waals surface area contributed by atoms with Crippen LogP contribution >= 0.6 is 11.3 Å². The van der Waals surface area contributed by atoms with Crippen molar-refractivity contribution in [2.24, 2.45) is 0 Å². The summed E-state index contributed by atoms with van der Waals surface area (Å²) in [5.41, 5.74) is 0.0281. The zero-order valence-electron chi connectivity index (χ0n) is 14.1. The number of nitrogens with one attached hydrogen (secondary N) is 1. The average Bonchev–Trinajstić information content (AvgIpc) is 3.03. The van der Waals surface area contributed by atoms with Crippen LogP contribution in [-0.2, 0) is 16.4 Å². The summed E-state index contributed by atoms with van der Waals surface area (Å²) in [5, 5.41) is 11.3. The number of amides is 1. The van der Waals surface area contributed by atoms with Gasteiger partial charge in [-0.1, -0.05) is 32.1 Å². The van der Waals surface area contributed by atoms with Gasteiger partial charge in [0, 0.05) is 18.7 Å². The van der Waals surface area contributed by atoms with Crippen molar-refractivity contribution in [1.82, 2.24) is 14.5 Å². The number of hydrogen-bond donors (Lipinski definition) is 1. The molecule has 0 aliphatic heterocycles. The second-order valence-corrected chi connectivity index (χ2v) is 8.01. The molecule has 0 spiro atoms. The number of carbonyl (C=O) groups is 1. The second-order valence-electron chi connectivity index (χ2n) is 5.04. The molecular formula is C15H19FN4O3S2.